The number of carbonyl (C=O) groups is 1. The second-order valence-corrected chi connectivity index (χ2v) is 8.83. The lowest BCUT2D eigenvalue weighted by Crippen LogP contribution is -2.19. The van der Waals surface area contributed by atoms with E-state index in [1.54, 1.807) is 38.5 Å². The molecule has 9 heteroatoms. The van der Waals surface area contributed by atoms with E-state index in [0.717, 1.165) is 42.9 Å². The Kier molecular flexibility index (Phi) is 6.65. The minimum Gasteiger partial charge on any atom is -0.496 e. The van der Waals surface area contributed by atoms with Crippen molar-refractivity contribution in [3.63, 3.8) is 0 Å². The van der Waals surface area contributed by atoms with E-state index >= 15 is 0 Å². The second-order valence-electron chi connectivity index (χ2n) is 7.01. The van der Waals surface area contributed by atoms with Gasteiger partial charge in [-0.3, -0.25) is 4.79 Å². The first-order chi connectivity index (χ1) is 15.0. The molecule has 2 aliphatic heterocycles. The molecule has 2 fully saturated rings. The molecule has 2 aliphatic rings. The molecule has 4 rings (SSSR count). The number of hydrogen-bond acceptors (Lipinski definition) is 6. The summed E-state index contributed by atoms with van der Waals surface area (Å²) in [6, 6.07) is 9.04. The maximum atomic E-state index is 12.5. The number of rotatable bonds is 5. The van der Waals surface area contributed by atoms with Crippen LogP contribution < -0.4 is 19.7 Å². The van der Waals surface area contributed by atoms with Crippen LogP contribution in [-0.2, 0) is 4.79 Å². The van der Waals surface area contributed by atoms with Gasteiger partial charge in [0.25, 0.3) is 5.91 Å². The van der Waals surface area contributed by atoms with Gasteiger partial charge in [0.05, 0.1) is 40.5 Å². The summed E-state index contributed by atoms with van der Waals surface area (Å²) in [7, 11) is 3.27. The molecule has 6 nitrogen and oxygen atoms in total. The number of thioether (sulfide) groups is 1. The molecule has 2 heterocycles. The maximum Gasteiger partial charge on any atom is 0.264 e. The van der Waals surface area contributed by atoms with Crippen LogP contribution in [0.5, 0.6) is 11.5 Å². The Labute approximate surface area is 195 Å². The molecule has 0 spiro atoms. The van der Waals surface area contributed by atoms with E-state index in [0.29, 0.717) is 31.6 Å². The molecular weight excluding hydrogens is 457 g/mol. The number of aliphatic imine (C=N–C) groups is 1. The lowest BCUT2D eigenvalue weighted by Gasteiger charge is -2.22. The van der Waals surface area contributed by atoms with Crippen molar-refractivity contribution < 1.29 is 14.3 Å². The fourth-order valence-corrected chi connectivity index (χ4v) is 4.70. The number of nitrogens with zero attached hydrogens (tertiary/aromatic N) is 2. The third-order valence-electron chi connectivity index (χ3n) is 5.07. The highest BCUT2D eigenvalue weighted by Gasteiger charge is 2.26. The number of methoxy groups -OCH3 is 2. The summed E-state index contributed by atoms with van der Waals surface area (Å²) >= 11 is 13.5. The van der Waals surface area contributed by atoms with Gasteiger partial charge in [0.15, 0.2) is 5.17 Å². The molecule has 0 atom stereocenters. The standard InChI is InChI=1S/C22H21Cl2N3O3S/c1-29-17-12-16(27-8-3-4-9-27)18(30-2)10-13(17)11-19-21(28)26-22(31-19)25-15-7-5-6-14(23)20(15)24/h5-7,10-12H,3-4,8-9H2,1-2H3,(H,25,26,28)/b19-11+. The molecule has 0 aliphatic carbocycles. The zero-order chi connectivity index (χ0) is 22.0. The van der Waals surface area contributed by atoms with Crippen LogP contribution in [0.15, 0.2) is 40.2 Å². The maximum absolute atomic E-state index is 12.5. The van der Waals surface area contributed by atoms with Gasteiger partial charge >= 0.3 is 0 Å². The molecule has 1 N–H and O–H groups in total. The second kappa shape index (κ2) is 9.42. The first-order valence-corrected chi connectivity index (χ1v) is 11.3. The molecule has 0 radical (unpaired) electrons. The van der Waals surface area contributed by atoms with Crippen molar-refractivity contribution in [3.05, 3.63) is 50.8 Å². The van der Waals surface area contributed by atoms with Crippen molar-refractivity contribution >= 4 is 63.5 Å². The first-order valence-electron chi connectivity index (χ1n) is 9.74. The number of amidine groups is 1. The highest BCUT2D eigenvalue weighted by molar-refractivity contribution is 8.18. The minimum absolute atomic E-state index is 0.244. The normalized spacial score (nSPS) is 18.7. The highest BCUT2D eigenvalue weighted by Crippen LogP contribution is 2.40. The smallest absolute Gasteiger partial charge is 0.264 e. The van der Waals surface area contributed by atoms with Gasteiger partial charge < -0.3 is 19.7 Å². The van der Waals surface area contributed by atoms with Gasteiger partial charge in [-0.1, -0.05) is 29.3 Å². The Balaban J connectivity index is 1.65. The Morgan fingerprint density at radius 3 is 2.58 bits per heavy atom. The summed E-state index contributed by atoms with van der Waals surface area (Å²) in [5.41, 5.74) is 2.25. The summed E-state index contributed by atoms with van der Waals surface area (Å²) < 4.78 is 11.2. The van der Waals surface area contributed by atoms with E-state index in [4.69, 9.17) is 32.7 Å². The number of benzene rings is 2. The average molecular weight is 478 g/mol. The van der Waals surface area contributed by atoms with Gasteiger partial charge in [-0.05, 0) is 48.9 Å². The molecule has 0 unspecified atom stereocenters. The summed E-state index contributed by atoms with van der Waals surface area (Å²) in [6.07, 6.45) is 4.09. The van der Waals surface area contributed by atoms with E-state index in [1.165, 1.54) is 11.8 Å². The van der Waals surface area contributed by atoms with E-state index < -0.39 is 0 Å². The van der Waals surface area contributed by atoms with Gasteiger partial charge in [-0.15, -0.1) is 0 Å². The predicted octanol–water partition coefficient (Wildman–Crippen LogP) is 5.50. The third-order valence-corrected chi connectivity index (χ3v) is 6.79. The highest BCUT2D eigenvalue weighted by atomic mass is 35.5. The van der Waals surface area contributed by atoms with E-state index in [-0.39, 0.29) is 5.91 Å². The fraction of sp³-hybridized carbons (Fsp3) is 0.273. The Morgan fingerprint density at radius 2 is 1.87 bits per heavy atom. The third kappa shape index (κ3) is 4.63. The largest absolute Gasteiger partial charge is 0.496 e. The van der Waals surface area contributed by atoms with Gasteiger partial charge in [-0.2, -0.15) is 0 Å². The Morgan fingerprint density at radius 1 is 1.13 bits per heavy atom. The molecule has 2 aromatic rings. The molecule has 162 valence electrons. The van der Waals surface area contributed by atoms with E-state index in [2.05, 4.69) is 15.2 Å². The van der Waals surface area contributed by atoms with Crippen LogP contribution in [-0.4, -0.2) is 38.4 Å². The lowest BCUT2D eigenvalue weighted by atomic mass is 10.1. The molecule has 2 aromatic carbocycles. The molecule has 0 aromatic heterocycles. The summed E-state index contributed by atoms with van der Waals surface area (Å²) in [5, 5.41) is 3.94. The van der Waals surface area contributed by atoms with Crippen molar-refractivity contribution in [2.24, 2.45) is 4.99 Å². The molecule has 0 bridgehead atoms. The van der Waals surface area contributed by atoms with Crippen LogP contribution in [0, 0.1) is 0 Å². The van der Waals surface area contributed by atoms with Crippen molar-refractivity contribution in [2.45, 2.75) is 12.8 Å². The number of halogens is 2. The molecular formula is C22H21Cl2N3O3S. The SMILES string of the molecule is COc1cc(N2CCCC2)c(OC)cc1/C=C1/SC(=Nc2cccc(Cl)c2Cl)NC1=O. The monoisotopic (exact) mass is 477 g/mol. The van der Waals surface area contributed by atoms with Gasteiger partial charge in [0.2, 0.25) is 0 Å². The number of hydrogen-bond donors (Lipinski definition) is 1. The number of anilines is 1. The van der Waals surface area contributed by atoms with Crippen LogP contribution in [0.3, 0.4) is 0 Å². The van der Waals surface area contributed by atoms with Crippen LogP contribution >= 0.6 is 35.0 Å². The zero-order valence-corrected chi connectivity index (χ0v) is 19.4. The lowest BCUT2D eigenvalue weighted by molar-refractivity contribution is -0.115. The van der Waals surface area contributed by atoms with Crippen molar-refractivity contribution in [1.82, 2.24) is 5.32 Å². The molecule has 31 heavy (non-hydrogen) atoms. The van der Waals surface area contributed by atoms with Gasteiger partial charge in [-0.25, -0.2) is 4.99 Å². The van der Waals surface area contributed by atoms with E-state index in [1.807, 2.05) is 12.1 Å². The predicted molar refractivity (Wildman–Crippen MR) is 128 cm³/mol. The van der Waals surface area contributed by atoms with Crippen molar-refractivity contribution in [2.75, 3.05) is 32.2 Å². The number of nitrogens with one attached hydrogen (secondary N) is 1. The van der Waals surface area contributed by atoms with E-state index in [9.17, 15) is 4.79 Å². The topological polar surface area (TPSA) is 63.2 Å². The number of amides is 1. The first kappa shape index (κ1) is 21.9. The Hall–Kier alpha value is -2.35. The summed E-state index contributed by atoms with van der Waals surface area (Å²) in [5.74, 6) is 1.18. The number of ether oxygens (including phenoxy) is 2. The van der Waals surface area contributed by atoms with Crippen LogP contribution in [0.2, 0.25) is 10.0 Å². The molecule has 2 saturated heterocycles. The molecule has 0 saturated carbocycles. The minimum atomic E-state index is -0.244. The zero-order valence-electron chi connectivity index (χ0n) is 17.1. The summed E-state index contributed by atoms with van der Waals surface area (Å²) in [4.78, 5) is 19.8. The quantitative estimate of drug-likeness (QED) is 0.575. The van der Waals surface area contributed by atoms with Gasteiger partial charge in [0.1, 0.15) is 11.5 Å². The van der Waals surface area contributed by atoms with Crippen LogP contribution in [0.1, 0.15) is 18.4 Å². The number of carbonyl (C=O) groups excluding carboxylic acids is 1. The average Bonchev–Trinajstić information content (AvgIpc) is 3.41. The Bertz CT molecular complexity index is 1080. The van der Waals surface area contributed by atoms with Crippen LogP contribution in [0.25, 0.3) is 6.08 Å². The van der Waals surface area contributed by atoms with Gasteiger partial charge in [0, 0.05) is 24.7 Å². The summed E-state index contributed by atoms with van der Waals surface area (Å²) in [6.45, 7) is 1.98. The van der Waals surface area contributed by atoms with Crippen LogP contribution in [0.4, 0.5) is 11.4 Å². The fourth-order valence-electron chi connectivity index (χ4n) is 3.53. The van der Waals surface area contributed by atoms with Crippen molar-refractivity contribution in [3.8, 4) is 11.5 Å². The molecule has 1 amide bonds. The van der Waals surface area contributed by atoms with Crippen molar-refractivity contribution in [1.29, 1.82) is 0 Å².